The summed E-state index contributed by atoms with van der Waals surface area (Å²) in [5.74, 6) is -0.196. The maximum Gasteiger partial charge on any atom is 0.335 e. The Labute approximate surface area is 140 Å². The van der Waals surface area contributed by atoms with Crippen LogP contribution in [0, 0.1) is 6.92 Å². The van der Waals surface area contributed by atoms with E-state index in [4.69, 9.17) is 9.15 Å². The van der Waals surface area contributed by atoms with Crippen LogP contribution in [0.3, 0.4) is 0 Å². The summed E-state index contributed by atoms with van der Waals surface area (Å²) in [4.78, 5) is 12.2. The van der Waals surface area contributed by atoms with Gasteiger partial charge >= 0.3 is 5.97 Å². The molecule has 1 atom stereocenters. The fraction of sp³-hybridized carbons (Fsp3) is 0.235. The molecule has 2 aromatic rings. The van der Waals surface area contributed by atoms with Gasteiger partial charge in [-0.15, -0.1) is 0 Å². The highest BCUT2D eigenvalue weighted by molar-refractivity contribution is 7.89. The van der Waals surface area contributed by atoms with E-state index in [1.165, 1.54) is 17.7 Å². The van der Waals surface area contributed by atoms with E-state index in [0.29, 0.717) is 5.76 Å². The number of esters is 1. The normalized spacial score (nSPS) is 18.4. The van der Waals surface area contributed by atoms with Crippen LogP contribution in [0.5, 0.6) is 0 Å². The molecule has 0 aliphatic carbocycles. The minimum Gasteiger partial charge on any atom is -0.467 e. The van der Waals surface area contributed by atoms with Crippen LogP contribution in [0.1, 0.15) is 17.4 Å². The van der Waals surface area contributed by atoms with Gasteiger partial charge in [-0.3, -0.25) is 0 Å². The molecule has 6 nitrogen and oxygen atoms in total. The van der Waals surface area contributed by atoms with Crippen molar-refractivity contribution < 1.29 is 22.4 Å². The molecule has 7 heteroatoms. The van der Waals surface area contributed by atoms with Crippen LogP contribution in [0.25, 0.3) is 0 Å². The highest BCUT2D eigenvalue weighted by Crippen LogP contribution is 2.38. The summed E-state index contributed by atoms with van der Waals surface area (Å²) >= 11 is 0. The third-order valence-corrected chi connectivity index (χ3v) is 5.78. The van der Waals surface area contributed by atoms with E-state index in [1.54, 1.807) is 42.5 Å². The molecule has 0 N–H and O–H groups in total. The number of furan rings is 1. The number of carbonyl (C=O) groups excluding carboxylic acids is 1. The fourth-order valence-electron chi connectivity index (χ4n) is 2.70. The number of benzene rings is 1. The summed E-state index contributed by atoms with van der Waals surface area (Å²) in [5.41, 5.74) is 1.22. The first-order valence-corrected chi connectivity index (χ1v) is 8.79. The molecule has 1 unspecified atom stereocenters. The predicted molar refractivity (Wildman–Crippen MR) is 86.6 cm³/mol. The van der Waals surface area contributed by atoms with Crippen LogP contribution < -0.4 is 0 Å². The lowest BCUT2D eigenvalue weighted by Crippen LogP contribution is -2.33. The van der Waals surface area contributed by atoms with Crippen molar-refractivity contribution in [2.24, 2.45) is 0 Å². The van der Waals surface area contributed by atoms with Crippen molar-refractivity contribution in [1.82, 2.24) is 4.31 Å². The fourth-order valence-corrected chi connectivity index (χ4v) is 4.21. The number of hydrogen-bond acceptors (Lipinski definition) is 5. The van der Waals surface area contributed by atoms with Crippen molar-refractivity contribution in [1.29, 1.82) is 0 Å². The number of aryl methyl sites for hydroxylation is 1. The van der Waals surface area contributed by atoms with Crippen LogP contribution >= 0.6 is 0 Å². The Morgan fingerprint density at radius 3 is 2.54 bits per heavy atom. The molecule has 24 heavy (non-hydrogen) atoms. The molecular weight excluding hydrogens is 330 g/mol. The lowest BCUT2D eigenvalue weighted by molar-refractivity contribution is -0.136. The third-order valence-electron chi connectivity index (χ3n) is 3.94. The Morgan fingerprint density at radius 2 is 1.96 bits per heavy atom. The molecule has 0 fully saturated rings. The first-order valence-electron chi connectivity index (χ1n) is 7.35. The first kappa shape index (κ1) is 16.5. The van der Waals surface area contributed by atoms with Crippen molar-refractivity contribution in [2.75, 3.05) is 13.7 Å². The second-order valence-corrected chi connectivity index (χ2v) is 7.35. The second kappa shape index (κ2) is 6.26. The maximum absolute atomic E-state index is 13.0. The molecule has 1 aromatic carbocycles. The summed E-state index contributed by atoms with van der Waals surface area (Å²) in [6, 6.07) is 9.04. The zero-order valence-corrected chi connectivity index (χ0v) is 14.1. The van der Waals surface area contributed by atoms with E-state index in [0.717, 1.165) is 5.56 Å². The van der Waals surface area contributed by atoms with Gasteiger partial charge < -0.3 is 9.15 Å². The number of sulfonamides is 1. The van der Waals surface area contributed by atoms with E-state index in [-0.39, 0.29) is 17.0 Å². The smallest absolute Gasteiger partial charge is 0.335 e. The number of hydrogen-bond donors (Lipinski definition) is 0. The largest absolute Gasteiger partial charge is 0.467 e. The van der Waals surface area contributed by atoms with E-state index >= 15 is 0 Å². The van der Waals surface area contributed by atoms with Crippen LogP contribution in [-0.2, 0) is 19.6 Å². The molecule has 0 saturated carbocycles. The minimum atomic E-state index is -3.79. The minimum absolute atomic E-state index is 0.0754. The van der Waals surface area contributed by atoms with E-state index < -0.39 is 22.0 Å². The van der Waals surface area contributed by atoms with E-state index in [1.807, 2.05) is 6.92 Å². The van der Waals surface area contributed by atoms with Gasteiger partial charge in [0.1, 0.15) is 11.8 Å². The van der Waals surface area contributed by atoms with Gasteiger partial charge in [-0.25, -0.2) is 13.2 Å². The van der Waals surface area contributed by atoms with Crippen molar-refractivity contribution >= 4 is 16.0 Å². The summed E-state index contributed by atoms with van der Waals surface area (Å²) in [5, 5.41) is 0. The number of ether oxygens (including phenoxy) is 1. The molecule has 3 rings (SSSR count). The number of methoxy groups -OCH3 is 1. The average Bonchev–Trinajstić information content (AvgIpc) is 3.23. The maximum atomic E-state index is 13.0. The van der Waals surface area contributed by atoms with Gasteiger partial charge in [0, 0.05) is 6.54 Å². The Kier molecular flexibility index (Phi) is 4.29. The van der Waals surface area contributed by atoms with Gasteiger partial charge in [-0.05, 0) is 31.2 Å². The molecule has 0 radical (unpaired) electrons. The van der Waals surface area contributed by atoms with Crippen LogP contribution in [0.2, 0.25) is 0 Å². The second-order valence-electron chi connectivity index (χ2n) is 5.46. The molecule has 0 amide bonds. The van der Waals surface area contributed by atoms with Gasteiger partial charge in [0.05, 0.1) is 23.8 Å². The Bertz CT molecular complexity index is 866. The van der Waals surface area contributed by atoms with Gasteiger partial charge in [0.2, 0.25) is 10.0 Å². The highest BCUT2D eigenvalue weighted by Gasteiger charge is 2.42. The molecule has 0 bridgehead atoms. The van der Waals surface area contributed by atoms with Gasteiger partial charge in [-0.2, -0.15) is 4.31 Å². The van der Waals surface area contributed by atoms with E-state index in [9.17, 15) is 13.2 Å². The third kappa shape index (κ3) is 2.76. The van der Waals surface area contributed by atoms with Crippen molar-refractivity contribution in [3.63, 3.8) is 0 Å². The lowest BCUT2D eigenvalue weighted by Gasteiger charge is -2.24. The molecule has 2 heterocycles. The zero-order chi connectivity index (χ0) is 17.3. The van der Waals surface area contributed by atoms with Crippen molar-refractivity contribution in [3.8, 4) is 0 Å². The summed E-state index contributed by atoms with van der Waals surface area (Å²) in [6.45, 7) is 1.96. The predicted octanol–water partition coefficient (Wildman–Crippen LogP) is 2.43. The van der Waals surface area contributed by atoms with Crippen LogP contribution in [-0.4, -0.2) is 32.3 Å². The van der Waals surface area contributed by atoms with Crippen LogP contribution in [0.15, 0.2) is 63.6 Å². The summed E-state index contributed by atoms with van der Waals surface area (Å²) in [7, 11) is -2.53. The SMILES string of the molecule is COC(=O)C1=CCN(S(=O)(=O)c2ccc(C)cc2)C1c1ccco1. The number of nitrogens with zero attached hydrogens (tertiary/aromatic N) is 1. The Morgan fingerprint density at radius 1 is 1.25 bits per heavy atom. The number of rotatable bonds is 4. The summed E-state index contributed by atoms with van der Waals surface area (Å²) < 4.78 is 37.4. The van der Waals surface area contributed by atoms with Gasteiger partial charge in [0.15, 0.2) is 0 Å². The molecule has 0 spiro atoms. The average molecular weight is 347 g/mol. The molecule has 0 saturated heterocycles. The first-order chi connectivity index (χ1) is 11.4. The highest BCUT2D eigenvalue weighted by atomic mass is 32.2. The number of carbonyl (C=O) groups is 1. The molecular formula is C17H17NO5S. The molecule has 1 aliphatic rings. The standard InChI is InChI=1S/C17H17NO5S/c1-12-5-7-13(8-6-12)24(20,21)18-10-9-14(17(19)22-2)16(18)15-4-3-11-23-15/h3-9,11,16H,10H2,1-2H3. The monoisotopic (exact) mass is 347 g/mol. The zero-order valence-electron chi connectivity index (χ0n) is 13.3. The lowest BCUT2D eigenvalue weighted by atomic mass is 10.1. The van der Waals surface area contributed by atoms with E-state index in [2.05, 4.69) is 0 Å². The Balaban J connectivity index is 2.04. The molecule has 126 valence electrons. The Hall–Kier alpha value is -2.38. The van der Waals surface area contributed by atoms with Crippen LogP contribution in [0.4, 0.5) is 0 Å². The van der Waals surface area contributed by atoms with Crippen molar-refractivity contribution in [2.45, 2.75) is 17.9 Å². The molecule has 1 aromatic heterocycles. The molecule has 1 aliphatic heterocycles. The van der Waals surface area contributed by atoms with Gasteiger partial charge in [0.25, 0.3) is 0 Å². The quantitative estimate of drug-likeness (QED) is 0.794. The van der Waals surface area contributed by atoms with Gasteiger partial charge in [-0.1, -0.05) is 23.8 Å². The van der Waals surface area contributed by atoms with Crippen molar-refractivity contribution in [3.05, 3.63) is 65.6 Å². The topological polar surface area (TPSA) is 76.8 Å². The summed E-state index contributed by atoms with van der Waals surface area (Å²) in [6.07, 6.45) is 3.00.